The van der Waals surface area contributed by atoms with Crippen molar-refractivity contribution in [1.29, 1.82) is 0 Å². The van der Waals surface area contributed by atoms with Crippen LogP contribution in [0.4, 0.5) is 5.95 Å². The summed E-state index contributed by atoms with van der Waals surface area (Å²) in [7, 11) is 0. The summed E-state index contributed by atoms with van der Waals surface area (Å²) in [4.78, 5) is 33.4. The van der Waals surface area contributed by atoms with E-state index in [0.29, 0.717) is 12.8 Å². The normalized spacial score (nSPS) is 25.9. The van der Waals surface area contributed by atoms with Crippen LogP contribution < -0.4 is 17.0 Å². The van der Waals surface area contributed by atoms with Crippen LogP contribution >= 0.6 is 0 Å². The van der Waals surface area contributed by atoms with Gasteiger partial charge in [-0.15, -0.1) is 0 Å². The second-order valence-electron chi connectivity index (χ2n) is 5.89. The summed E-state index contributed by atoms with van der Waals surface area (Å²) >= 11 is 0. The van der Waals surface area contributed by atoms with Crippen LogP contribution in [-0.4, -0.2) is 53.4 Å². The topological polar surface area (TPSA) is 182 Å². The number of carboxylic acid groups (broad SMARTS) is 1. The first kappa shape index (κ1) is 16.4. The van der Waals surface area contributed by atoms with Crippen LogP contribution in [0.15, 0.2) is 11.1 Å². The van der Waals surface area contributed by atoms with Crippen LogP contribution in [0.25, 0.3) is 11.2 Å². The lowest BCUT2D eigenvalue weighted by Crippen LogP contribution is -2.44. The zero-order valence-electron chi connectivity index (χ0n) is 12.7. The number of nitrogen functional groups attached to an aromatic ring is 1. The average molecular weight is 338 g/mol. The van der Waals surface area contributed by atoms with Crippen LogP contribution in [0.1, 0.15) is 19.3 Å². The molecule has 11 heteroatoms. The molecule has 1 saturated carbocycles. The molecular weight excluding hydrogens is 320 g/mol. The quantitative estimate of drug-likeness (QED) is 0.395. The number of aliphatic carboxylic acids is 1. The van der Waals surface area contributed by atoms with Gasteiger partial charge in [-0.05, 0) is 12.8 Å². The van der Waals surface area contributed by atoms with E-state index in [4.69, 9.17) is 21.3 Å². The van der Waals surface area contributed by atoms with Gasteiger partial charge in [0.25, 0.3) is 5.56 Å². The molecule has 1 fully saturated rings. The van der Waals surface area contributed by atoms with Crippen LogP contribution in [0.5, 0.6) is 0 Å². The number of nitrogens with two attached hydrogens (primary N) is 2. The van der Waals surface area contributed by atoms with Gasteiger partial charge in [0.15, 0.2) is 11.2 Å². The summed E-state index contributed by atoms with van der Waals surface area (Å²) in [5.74, 6) is -1.22. The highest BCUT2D eigenvalue weighted by Gasteiger charge is 2.71. The van der Waals surface area contributed by atoms with Crippen LogP contribution in [-0.2, 0) is 16.3 Å². The summed E-state index contributed by atoms with van der Waals surface area (Å²) in [5, 5.41) is 18.3. The fraction of sp³-hybridized carbons (Fsp3) is 0.538. The molecule has 24 heavy (non-hydrogen) atoms. The molecule has 0 aromatic carbocycles. The predicted molar refractivity (Wildman–Crippen MR) is 81.9 cm³/mol. The van der Waals surface area contributed by atoms with Gasteiger partial charge >= 0.3 is 5.97 Å². The van der Waals surface area contributed by atoms with Crippen molar-refractivity contribution in [3.05, 3.63) is 16.7 Å². The molecule has 11 nitrogen and oxygen atoms in total. The van der Waals surface area contributed by atoms with Crippen molar-refractivity contribution >= 4 is 23.1 Å². The number of aromatic nitrogens is 4. The largest absolute Gasteiger partial charge is 0.480 e. The molecule has 7 N–H and O–H groups in total. The minimum Gasteiger partial charge on any atom is -0.480 e. The Morgan fingerprint density at radius 3 is 2.92 bits per heavy atom. The number of nitrogens with one attached hydrogen (secondary N) is 1. The number of carbonyl (C=O) groups is 1. The molecule has 2 aromatic rings. The van der Waals surface area contributed by atoms with E-state index in [1.807, 2.05) is 0 Å². The zero-order chi connectivity index (χ0) is 17.5. The molecule has 3 rings (SSSR count). The predicted octanol–water partition coefficient (Wildman–Crippen LogP) is -1.63. The van der Waals surface area contributed by atoms with Crippen molar-refractivity contribution in [3.8, 4) is 0 Å². The number of nitrogens with zero attached hydrogens (tertiary/aromatic N) is 3. The number of hydrogen-bond donors (Lipinski definition) is 5. The smallest absolute Gasteiger partial charge is 0.326 e. The third kappa shape index (κ3) is 2.42. The highest BCUT2D eigenvalue weighted by Crippen LogP contribution is 2.52. The molecule has 2 aromatic heterocycles. The number of fused-ring (bicyclic) bond motifs is 1. The molecule has 0 saturated heterocycles. The van der Waals surface area contributed by atoms with Gasteiger partial charge in [0.1, 0.15) is 17.9 Å². The maximum Gasteiger partial charge on any atom is 0.326 e. The van der Waals surface area contributed by atoms with Crippen molar-refractivity contribution in [3.63, 3.8) is 0 Å². The van der Waals surface area contributed by atoms with E-state index in [1.165, 1.54) is 10.9 Å². The van der Waals surface area contributed by atoms with Gasteiger partial charge in [0.2, 0.25) is 5.95 Å². The van der Waals surface area contributed by atoms with Crippen molar-refractivity contribution < 1.29 is 19.7 Å². The zero-order valence-corrected chi connectivity index (χ0v) is 12.7. The van der Waals surface area contributed by atoms with Crippen LogP contribution in [0, 0.1) is 0 Å². The van der Waals surface area contributed by atoms with Gasteiger partial charge in [0, 0.05) is 13.0 Å². The van der Waals surface area contributed by atoms with E-state index >= 15 is 0 Å². The second kappa shape index (κ2) is 5.54. The number of rotatable bonds is 7. The summed E-state index contributed by atoms with van der Waals surface area (Å²) in [5.41, 5.74) is 8.69. The number of hydrogen-bond acceptors (Lipinski definition) is 8. The van der Waals surface area contributed by atoms with Crippen LogP contribution in [0.3, 0.4) is 0 Å². The molecular formula is C13H18N6O5. The highest BCUT2D eigenvalue weighted by molar-refractivity contribution is 5.85. The Labute approximate surface area is 135 Å². The molecule has 1 aliphatic carbocycles. The summed E-state index contributed by atoms with van der Waals surface area (Å²) in [6, 6.07) is 0. The lowest BCUT2D eigenvalue weighted by molar-refractivity contribution is -0.143. The van der Waals surface area contributed by atoms with Crippen molar-refractivity contribution in [2.75, 3.05) is 12.3 Å². The fourth-order valence-electron chi connectivity index (χ4n) is 2.86. The number of imidazole rings is 1. The maximum absolute atomic E-state index is 11.7. The number of ether oxygens (including phenoxy) is 1. The fourth-order valence-corrected chi connectivity index (χ4v) is 2.86. The average Bonchev–Trinajstić information content (AvgIpc) is 2.92. The number of H-pyrrole nitrogens is 1. The molecule has 2 atom stereocenters. The van der Waals surface area contributed by atoms with Gasteiger partial charge in [-0.1, -0.05) is 0 Å². The monoisotopic (exact) mass is 338 g/mol. The second-order valence-corrected chi connectivity index (χ2v) is 5.89. The van der Waals surface area contributed by atoms with Crippen molar-refractivity contribution in [1.82, 2.24) is 19.5 Å². The Morgan fingerprint density at radius 1 is 1.54 bits per heavy atom. The Kier molecular flexibility index (Phi) is 3.78. The Hall–Kier alpha value is -2.50. The lowest BCUT2D eigenvalue weighted by Gasteiger charge is -2.21. The molecule has 1 aliphatic rings. The molecule has 0 radical (unpaired) electrons. The first-order valence-corrected chi connectivity index (χ1v) is 7.31. The Bertz CT molecular complexity index is 847. The molecule has 0 aliphatic heterocycles. The minimum absolute atomic E-state index is 0.0608. The van der Waals surface area contributed by atoms with Gasteiger partial charge in [0.05, 0.1) is 6.33 Å². The van der Waals surface area contributed by atoms with Crippen LogP contribution in [0.2, 0.25) is 0 Å². The summed E-state index contributed by atoms with van der Waals surface area (Å²) in [6.07, 6.45) is 2.16. The molecule has 2 heterocycles. The van der Waals surface area contributed by atoms with E-state index in [-0.39, 0.29) is 36.9 Å². The van der Waals surface area contributed by atoms with E-state index in [9.17, 15) is 14.7 Å². The van der Waals surface area contributed by atoms with Crippen molar-refractivity contribution in [2.24, 2.45) is 5.73 Å². The molecule has 130 valence electrons. The molecule has 0 bridgehead atoms. The number of aromatic amines is 1. The van der Waals surface area contributed by atoms with Gasteiger partial charge in [-0.3, -0.25) is 19.1 Å². The Balaban J connectivity index is 1.84. The standard InChI is InChI=1S/C13H18N6O5/c14-11-17-8-7(9(21)18-11)16-5-19(8)6-24-12(2-1-3-20)4-13(12,15)10(22)23/h5,20H,1-4,6,15H2,(H,22,23)(H3,14,17,18,21). The maximum atomic E-state index is 11.7. The summed E-state index contributed by atoms with van der Waals surface area (Å²) < 4.78 is 7.21. The van der Waals surface area contributed by atoms with E-state index in [0.717, 1.165) is 0 Å². The lowest BCUT2D eigenvalue weighted by atomic mass is 10.1. The number of carboxylic acids is 1. The van der Waals surface area contributed by atoms with E-state index < -0.39 is 22.7 Å². The van der Waals surface area contributed by atoms with E-state index in [2.05, 4.69) is 15.0 Å². The first-order chi connectivity index (χ1) is 11.3. The molecule has 0 amide bonds. The SMILES string of the molecule is Nc1nc2c(ncn2COC2(CCCO)CC2(N)C(=O)O)c(=O)[nH]1. The number of anilines is 1. The van der Waals surface area contributed by atoms with E-state index in [1.54, 1.807) is 0 Å². The van der Waals surface area contributed by atoms with Gasteiger partial charge in [-0.25, -0.2) is 4.98 Å². The third-order valence-corrected chi connectivity index (χ3v) is 4.35. The molecule has 0 spiro atoms. The number of aliphatic hydroxyl groups excluding tert-OH is 1. The number of aliphatic hydroxyl groups is 1. The first-order valence-electron chi connectivity index (χ1n) is 7.31. The highest BCUT2D eigenvalue weighted by atomic mass is 16.5. The van der Waals surface area contributed by atoms with Crippen molar-refractivity contribution in [2.45, 2.75) is 37.1 Å². The van der Waals surface area contributed by atoms with Gasteiger partial charge in [-0.2, -0.15) is 4.98 Å². The third-order valence-electron chi connectivity index (χ3n) is 4.35. The molecule has 2 unspecified atom stereocenters. The Morgan fingerprint density at radius 2 is 2.29 bits per heavy atom. The minimum atomic E-state index is -1.50. The summed E-state index contributed by atoms with van der Waals surface area (Å²) in [6.45, 7) is -0.188. The van der Waals surface area contributed by atoms with Gasteiger partial charge < -0.3 is 26.4 Å².